The van der Waals surface area contributed by atoms with Crippen molar-refractivity contribution < 1.29 is 9.90 Å². The number of fused-ring (bicyclic) bond motifs is 1. The molecule has 0 unspecified atom stereocenters. The fourth-order valence-electron chi connectivity index (χ4n) is 2.21. The van der Waals surface area contributed by atoms with E-state index in [1.165, 1.54) is 0 Å². The Hall–Kier alpha value is -1.84. The molecule has 0 bridgehead atoms. The van der Waals surface area contributed by atoms with E-state index in [1.54, 1.807) is 6.07 Å². The van der Waals surface area contributed by atoms with Crippen LogP contribution in [0.4, 0.5) is 5.82 Å². The van der Waals surface area contributed by atoms with E-state index in [0.29, 0.717) is 12.4 Å². The third-order valence-electron chi connectivity index (χ3n) is 3.12. The second kappa shape index (κ2) is 5.67. The summed E-state index contributed by atoms with van der Waals surface area (Å²) in [5.41, 5.74) is 2.43. The number of pyridine rings is 1. The van der Waals surface area contributed by atoms with Crippen molar-refractivity contribution in [1.82, 2.24) is 4.98 Å². The van der Waals surface area contributed by atoms with Crippen LogP contribution in [-0.4, -0.2) is 22.6 Å². The van der Waals surface area contributed by atoms with E-state index in [2.05, 4.69) is 10.3 Å². The Morgan fingerprint density at radius 3 is 3.11 bits per heavy atom. The van der Waals surface area contributed by atoms with Crippen molar-refractivity contribution in [3.05, 3.63) is 35.0 Å². The minimum atomic E-state index is -0.911. The minimum absolute atomic E-state index is 0.288. The second-order valence-electron chi connectivity index (χ2n) is 4.43. The topological polar surface area (TPSA) is 62.2 Å². The van der Waals surface area contributed by atoms with Crippen molar-refractivity contribution in [2.45, 2.75) is 32.6 Å². The van der Waals surface area contributed by atoms with Gasteiger partial charge in [0.1, 0.15) is 11.4 Å². The summed E-state index contributed by atoms with van der Waals surface area (Å²) >= 11 is 0. The van der Waals surface area contributed by atoms with Crippen LogP contribution in [0.2, 0.25) is 0 Å². The van der Waals surface area contributed by atoms with Crippen LogP contribution in [0, 0.1) is 0 Å². The molecule has 0 radical (unpaired) electrons. The smallest absolute Gasteiger partial charge is 0.339 e. The average Bonchev–Trinajstić information content (AvgIpc) is 2.80. The maximum atomic E-state index is 11.2. The largest absolute Gasteiger partial charge is 0.478 e. The molecule has 0 fully saturated rings. The van der Waals surface area contributed by atoms with E-state index in [9.17, 15) is 9.90 Å². The Balaban J connectivity index is 2.19. The van der Waals surface area contributed by atoms with Gasteiger partial charge in [0.2, 0.25) is 0 Å². The van der Waals surface area contributed by atoms with Crippen LogP contribution < -0.4 is 5.32 Å². The molecule has 1 aliphatic carbocycles. The number of carboxylic acids is 1. The highest BCUT2D eigenvalue weighted by Gasteiger charge is 2.19. The summed E-state index contributed by atoms with van der Waals surface area (Å²) in [5, 5.41) is 12.3. The van der Waals surface area contributed by atoms with Crippen molar-refractivity contribution in [3.63, 3.8) is 0 Å². The number of rotatable bonds is 5. The Kier molecular flexibility index (Phi) is 3.97. The number of aromatic nitrogens is 1. The molecule has 0 aliphatic heterocycles. The van der Waals surface area contributed by atoms with E-state index in [1.807, 2.05) is 19.1 Å². The first-order valence-electron chi connectivity index (χ1n) is 6.33. The third-order valence-corrected chi connectivity index (χ3v) is 3.12. The fraction of sp³-hybridized carbons (Fsp3) is 0.429. The van der Waals surface area contributed by atoms with Crippen molar-refractivity contribution in [1.29, 1.82) is 0 Å². The number of anilines is 1. The van der Waals surface area contributed by atoms with Gasteiger partial charge in [-0.2, -0.15) is 0 Å². The molecule has 4 heteroatoms. The molecule has 4 nitrogen and oxygen atoms in total. The molecule has 0 spiro atoms. The lowest BCUT2D eigenvalue weighted by molar-refractivity contribution is 0.0697. The molecule has 0 saturated carbocycles. The first-order valence-corrected chi connectivity index (χ1v) is 6.33. The number of carboxylic acid groups (broad SMARTS) is 1. The molecule has 1 aromatic heterocycles. The molecule has 1 aromatic rings. The van der Waals surface area contributed by atoms with Gasteiger partial charge >= 0.3 is 5.97 Å². The first-order chi connectivity index (χ1) is 8.72. The molecule has 1 aliphatic rings. The van der Waals surface area contributed by atoms with Crippen molar-refractivity contribution in [3.8, 4) is 0 Å². The fourth-order valence-corrected chi connectivity index (χ4v) is 2.21. The molecule has 2 N–H and O–H groups in total. The Bertz CT molecular complexity index is 481. The number of aryl methyl sites for hydroxylation is 2. The number of allylic oxidation sites excluding steroid dienone is 1. The summed E-state index contributed by atoms with van der Waals surface area (Å²) in [7, 11) is 0. The van der Waals surface area contributed by atoms with Gasteiger partial charge in [-0.25, -0.2) is 9.78 Å². The van der Waals surface area contributed by atoms with E-state index in [-0.39, 0.29) is 5.56 Å². The van der Waals surface area contributed by atoms with Gasteiger partial charge in [0.15, 0.2) is 0 Å². The predicted molar refractivity (Wildman–Crippen MR) is 71.1 cm³/mol. The van der Waals surface area contributed by atoms with Gasteiger partial charge in [-0.15, -0.1) is 0 Å². The number of nitrogens with zero attached hydrogens (tertiary/aromatic N) is 1. The maximum absolute atomic E-state index is 11.2. The zero-order chi connectivity index (χ0) is 13.0. The molecule has 0 amide bonds. The van der Waals surface area contributed by atoms with E-state index < -0.39 is 5.97 Å². The van der Waals surface area contributed by atoms with Crippen LogP contribution in [0.1, 0.15) is 41.4 Å². The molecule has 18 heavy (non-hydrogen) atoms. The highest BCUT2D eigenvalue weighted by Crippen LogP contribution is 2.25. The number of nitrogens with one attached hydrogen (secondary N) is 1. The molecule has 96 valence electrons. The molecule has 1 heterocycles. The number of aromatic carboxylic acids is 1. The van der Waals surface area contributed by atoms with E-state index in [0.717, 1.165) is 36.9 Å². The van der Waals surface area contributed by atoms with E-state index in [4.69, 9.17) is 0 Å². The zero-order valence-electron chi connectivity index (χ0n) is 10.6. The van der Waals surface area contributed by atoms with Crippen LogP contribution in [-0.2, 0) is 12.8 Å². The lowest BCUT2D eigenvalue weighted by atomic mass is 10.1. The molecule has 0 saturated heterocycles. The summed E-state index contributed by atoms with van der Waals surface area (Å²) in [5.74, 6) is -0.404. The zero-order valence-corrected chi connectivity index (χ0v) is 10.6. The molecular formula is C14H18N2O2. The lowest BCUT2D eigenvalue weighted by Crippen LogP contribution is -2.11. The van der Waals surface area contributed by atoms with E-state index >= 15 is 0 Å². The van der Waals surface area contributed by atoms with Gasteiger partial charge in [0.05, 0.1) is 0 Å². The lowest BCUT2D eigenvalue weighted by Gasteiger charge is -2.10. The van der Waals surface area contributed by atoms with Gasteiger partial charge in [-0.1, -0.05) is 12.2 Å². The Labute approximate surface area is 107 Å². The Morgan fingerprint density at radius 2 is 2.39 bits per heavy atom. The predicted octanol–water partition coefficient (Wildman–Crippen LogP) is 2.65. The number of hydrogen-bond acceptors (Lipinski definition) is 3. The number of hydrogen-bond donors (Lipinski definition) is 2. The van der Waals surface area contributed by atoms with Crippen molar-refractivity contribution >= 4 is 11.8 Å². The van der Waals surface area contributed by atoms with Crippen molar-refractivity contribution in [2.75, 3.05) is 11.9 Å². The van der Waals surface area contributed by atoms with Gasteiger partial charge in [-0.05, 0) is 44.2 Å². The SMILES string of the molecule is C/C=C/CCNc1nc2c(cc1C(=O)O)CCC2. The number of carbonyl (C=O) groups is 1. The van der Waals surface area contributed by atoms with Crippen LogP contribution in [0.25, 0.3) is 0 Å². The van der Waals surface area contributed by atoms with Crippen LogP contribution in [0.3, 0.4) is 0 Å². The molecule has 0 atom stereocenters. The summed E-state index contributed by atoms with van der Waals surface area (Å²) in [4.78, 5) is 15.7. The minimum Gasteiger partial charge on any atom is -0.478 e. The van der Waals surface area contributed by atoms with Gasteiger partial charge in [-0.3, -0.25) is 0 Å². The van der Waals surface area contributed by atoms with Gasteiger partial charge < -0.3 is 10.4 Å². The highest BCUT2D eigenvalue weighted by molar-refractivity contribution is 5.93. The highest BCUT2D eigenvalue weighted by atomic mass is 16.4. The molecule has 2 rings (SSSR count). The quantitative estimate of drug-likeness (QED) is 0.619. The normalized spacial score (nSPS) is 13.8. The second-order valence-corrected chi connectivity index (χ2v) is 4.43. The summed E-state index contributed by atoms with van der Waals surface area (Å²) < 4.78 is 0. The van der Waals surface area contributed by atoms with Crippen molar-refractivity contribution in [2.24, 2.45) is 0 Å². The van der Waals surface area contributed by atoms with Gasteiger partial charge in [0, 0.05) is 12.2 Å². The monoisotopic (exact) mass is 246 g/mol. The first kappa shape index (κ1) is 12.6. The summed E-state index contributed by atoms with van der Waals surface area (Å²) in [6, 6.07) is 1.77. The third kappa shape index (κ3) is 2.70. The van der Waals surface area contributed by atoms with Crippen LogP contribution >= 0.6 is 0 Å². The Morgan fingerprint density at radius 1 is 1.56 bits per heavy atom. The summed E-state index contributed by atoms with van der Waals surface area (Å²) in [6.07, 6.45) is 7.87. The van der Waals surface area contributed by atoms with Crippen LogP contribution in [0.5, 0.6) is 0 Å². The maximum Gasteiger partial charge on any atom is 0.339 e. The standard InChI is InChI=1S/C14H18N2O2/c1-2-3-4-8-15-13-11(14(17)18)9-10-6-5-7-12(10)16-13/h2-3,9H,4-8H2,1H3,(H,15,16)(H,17,18)/b3-2+. The van der Waals surface area contributed by atoms with Crippen LogP contribution in [0.15, 0.2) is 18.2 Å². The average molecular weight is 246 g/mol. The molecular weight excluding hydrogens is 228 g/mol. The summed E-state index contributed by atoms with van der Waals surface area (Å²) in [6.45, 7) is 2.67. The molecule has 0 aromatic carbocycles. The van der Waals surface area contributed by atoms with Gasteiger partial charge in [0.25, 0.3) is 0 Å².